The molecule has 2 aliphatic rings. The van der Waals surface area contributed by atoms with Crippen molar-refractivity contribution in [3.05, 3.63) is 36.2 Å². The molecule has 0 spiro atoms. The van der Waals surface area contributed by atoms with E-state index < -0.39 is 0 Å². The molecule has 21 heavy (non-hydrogen) atoms. The van der Waals surface area contributed by atoms with Crippen LogP contribution in [0.1, 0.15) is 44.7 Å². The van der Waals surface area contributed by atoms with Crippen molar-refractivity contribution in [3.8, 4) is 11.1 Å². The predicted molar refractivity (Wildman–Crippen MR) is 86.7 cm³/mol. The average molecular weight is 281 g/mol. The van der Waals surface area contributed by atoms with Gasteiger partial charge in [0.2, 0.25) is 0 Å². The number of aromatic nitrogens is 2. The highest BCUT2D eigenvalue weighted by Crippen LogP contribution is 2.36. The first-order chi connectivity index (χ1) is 10.2. The lowest BCUT2D eigenvalue weighted by Gasteiger charge is -2.34. The van der Waals surface area contributed by atoms with Crippen molar-refractivity contribution in [2.24, 2.45) is 0 Å². The van der Waals surface area contributed by atoms with Crippen LogP contribution in [0.15, 0.2) is 30.6 Å². The quantitative estimate of drug-likeness (QED) is 0.846. The van der Waals surface area contributed by atoms with Crippen LogP contribution in [-0.4, -0.2) is 22.4 Å². The second-order valence-corrected chi connectivity index (χ2v) is 6.67. The van der Waals surface area contributed by atoms with Gasteiger partial charge in [0.05, 0.1) is 12.2 Å². The van der Waals surface area contributed by atoms with Gasteiger partial charge in [0.15, 0.2) is 0 Å². The van der Waals surface area contributed by atoms with Crippen LogP contribution in [0.4, 0.5) is 5.69 Å². The molecule has 1 aliphatic heterocycles. The Labute approximate surface area is 126 Å². The first-order valence-electron chi connectivity index (χ1n) is 8.16. The van der Waals surface area contributed by atoms with Crippen LogP contribution in [0.25, 0.3) is 11.1 Å². The minimum absolute atomic E-state index is 0.576. The second kappa shape index (κ2) is 4.90. The molecule has 2 heterocycles. The molecule has 4 rings (SSSR count). The Kier molecular flexibility index (Phi) is 3.02. The Bertz CT molecular complexity index is 652. The lowest BCUT2D eigenvalue weighted by atomic mass is 9.96. The van der Waals surface area contributed by atoms with Gasteiger partial charge in [-0.1, -0.05) is 6.07 Å². The monoisotopic (exact) mass is 281 g/mol. The fourth-order valence-electron chi connectivity index (χ4n) is 3.37. The largest absolute Gasteiger partial charge is 0.369 e. The Morgan fingerprint density at radius 2 is 2.05 bits per heavy atom. The summed E-state index contributed by atoms with van der Waals surface area (Å²) in [5.74, 6) is 0. The number of benzene rings is 1. The molecule has 1 aromatic heterocycles. The Hall–Kier alpha value is -1.77. The molecule has 1 saturated carbocycles. The molecule has 1 aliphatic carbocycles. The van der Waals surface area contributed by atoms with Crippen LogP contribution in [0.5, 0.6) is 0 Å². The Balaban J connectivity index is 1.67. The number of nitrogens with zero attached hydrogens (tertiary/aromatic N) is 3. The molecule has 0 saturated heterocycles. The molecule has 0 amide bonds. The summed E-state index contributed by atoms with van der Waals surface area (Å²) >= 11 is 0. The van der Waals surface area contributed by atoms with Crippen molar-refractivity contribution >= 4 is 5.69 Å². The first-order valence-corrected chi connectivity index (χ1v) is 8.16. The maximum absolute atomic E-state index is 4.52. The SMILES string of the molecule is CC(C)N1CCCc2cc(-c3cnn(C4CC4)c3)ccc21. The van der Waals surface area contributed by atoms with Crippen molar-refractivity contribution in [2.45, 2.75) is 51.6 Å². The van der Waals surface area contributed by atoms with Gasteiger partial charge in [-0.25, -0.2) is 0 Å². The number of aryl methyl sites for hydroxylation is 1. The van der Waals surface area contributed by atoms with Crippen LogP contribution in [0.2, 0.25) is 0 Å². The Morgan fingerprint density at radius 3 is 2.81 bits per heavy atom. The zero-order chi connectivity index (χ0) is 14.4. The predicted octanol–water partition coefficient (Wildman–Crippen LogP) is 4.05. The van der Waals surface area contributed by atoms with Crippen LogP contribution in [0, 0.1) is 0 Å². The Morgan fingerprint density at radius 1 is 1.19 bits per heavy atom. The molecular formula is C18H23N3. The minimum Gasteiger partial charge on any atom is -0.369 e. The van der Waals surface area contributed by atoms with Gasteiger partial charge in [0.1, 0.15) is 0 Å². The third-order valence-corrected chi connectivity index (χ3v) is 4.71. The maximum atomic E-state index is 4.52. The van der Waals surface area contributed by atoms with Crippen molar-refractivity contribution in [2.75, 3.05) is 11.4 Å². The van der Waals surface area contributed by atoms with Gasteiger partial charge in [0, 0.05) is 30.0 Å². The molecular weight excluding hydrogens is 258 g/mol. The normalized spacial score (nSPS) is 18.1. The highest BCUT2D eigenvalue weighted by atomic mass is 15.3. The molecule has 0 atom stereocenters. The van der Waals surface area contributed by atoms with Crippen molar-refractivity contribution in [3.63, 3.8) is 0 Å². The van der Waals surface area contributed by atoms with Crippen LogP contribution in [0.3, 0.4) is 0 Å². The van der Waals surface area contributed by atoms with Gasteiger partial charge in [-0.3, -0.25) is 4.68 Å². The van der Waals surface area contributed by atoms with Crippen molar-refractivity contribution in [1.82, 2.24) is 9.78 Å². The van der Waals surface area contributed by atoms with E-state index in [2.05, 4.69) is 52.9 Å². The van der Waals surface area contributed by atoms with Crippen molar-refractivity contribution < 1.29 is 0 Å². The summed E-state index contributed by atoms with van der Waals surface area (Å²) < 4.78 is 2.13. The van der Waals surface area contributed by atoms with Gasteiger partial charge < -0.3 is 4.90 Å². The lowest BCUT2D eigenvalue weighted by molar-refractivity contribution is 0.626. The smallest absolute Gasteiger partial charge is 0.0568 e. The molecule has 1 aromatic carbocycles. The molecule has 0 radical (unpaired) electrons. The summed E-state index contributed by atoms with van der Waals surface area (Å²) in [5, 5.41) is 4.52. The molecule has 3 nitrogen and oxygen atoms in total. The van der Waals surface area contributed by atoms with Gasteiger partial charge in [0.25, 0.3) is 0 Å². The van der Waals surface area contributed by atoms with E-state index in [0.29, 0.717) is 12.1 Å². The van der Waals surface area contributed by atoms with E-state index >= 15 is 0 Å². The van der Waals surface area contributed by atoms with Crippen LogP contribution in [-0.2, 0) is 6.42 Å². The number of hydrogen-bond acceptors (Lipinski definition) is 2. The van der Waals surface area contributed by atoms with E-state index in [1.807, 2.05) is 6.20 Å². The summed E-state index contributed by atoms with van der Waals surface area (Å²) in [6.45, 7) is 5.75. The van der Waals surface area contributed by atoms with E-state index in [-0.39, 0.29) is 0 Å². The lowest BCUT2D eigenvalue weighted by Crippen LogP contribution is -2.35. The fourth-order valence-corrected chi connectivity index (χ4v) is 3.37. The highest BCUT2D eigenvalue weighted by Gasteiger charge is 2.24. The zero-order valence-electron chi connectivity index (χ0n) is 12.9. The third-order valence-electron chi connectivity index (χ3n) is 4.71. The van der Waals surface area contributed by atoms with Gasteiger partial charge in [-0.05, 0) is 62.8 Å². The molecule has 0 bridgehead atoms. The van der Waals surface area contributed by atoms with E-state index in [1.54, 1.807) is 0 Å². The molecule has 2 aromatic rings. The average Bonchev–Trinajstić information content (AvgIpc) is 3.23. The van der Waals surface area contributed by atoms with E-state index in [4.69, 9.17) is 0 Å². The molecule has 1 fully saturated rings. The van der Waals surface area contributed by atoms with Gasteiger partial charge in [-0.15, -0.1) is 0 Å². The van der Waals surface area contributed by atoms with Gasteiger partial charge >= 0.3 is 0 Å². The summed E-state index contributed by atoms with van der Waals surface area (Å²) in [7, 11) is 0. The number of rotatable bonds is 3. The number of fused-ring (bicyclic) bond motifs is 1. The fraction of sp³-hybridized carbons (Fsp3) is 0.500. The van der Waals surface area contributed by atoms with E-state index in [0.717, 1.165) is 0 Å². The van der Waals surface area contributed by atoms with Crippen molar-refractivity contribution in [1.29, 1.82) is 0 Å². The molecule has 0 unspecified atom stereocenters. The van der Waals surface area contributed by atoms with E-state index in [1.165, 1.54) is 54.6 Å². The number of hydrogen-bond donors (Lipinski definition) is 0. The zero-order valence-corrected chi connectivity index (χ0v) is 12.9. The molecule has 0 N–H and O–H groups in total. The van der Waals surface area contributed by atoms with Crippen LogP contribution >= 0.6 is 0 Å². The summed E-state index contributed by atoms with van der Waals surface area (Å²) in [6, 6.07) is 8.17. The summed E-state index contributed by atoms with van der Waals surface area (Å²) in [6.07, 6.45) is 9.26. The second-order valence-electron chi connectivity index (χ2n) is 6.67. The molecule has 110 valence electrons. The summed E-state index contributed by atoms with van der Waals surface area (Å²) in [4.78, 5) is 2.52. The highest BCUT2D eigenvalue weighted by molar-refractivity contribution is 5.69. The minimum atomic E-state index is 0.576. The number of anilines is 1. The third kappa shape index (κ3) is 2.35. The van der Waals surface area contributed by atoms with E-state index in [9.17, 15) is 0 Å². The maximum Gasteiger partial charge on any atom is 0.0568 e. The van der Waals surface area contributed by atoms with Gasteiger partial charge in [-0.2, -0.15) is 5.10 Å². The standard InChI is InChI=1S/C18H23N3/c1-13(2)20-9-3-4-15-10-14(5-8-18(15)20)16-11-19-21(12-16)17-6-7-17/h5,8,10-13,17H,3-4,6-7,9H2,1-2H3. The summed E-state index contributed by atoms with van der Waals surface area (Å²) in [5.41, 5.74) is 5.49. The van der Waals surface area contributed by atoms with Crippen LogP contribution < -0.4 is 4.90 Å². The first kappa shape index (κ1) is 12.9. The molecule has 3 heteroatoms. The topological polar surface area (TPSA) is 21.1 Å².